The van der Waals surface area contributed by atoms with Crippen LogP contribution in [0.3, 0.4) is 0 Å². The van der Waals surface area contributed by atoms with Gasteiger partial charge in [0.15, 0.2) is 5.96 Å². The summed E-state index contributed by atoms with van der Waals surface area (Å²) in [5, 5.41) is 6.44. The van der Waals surface area contributed by atoms with E-state index in [1.807, 2.05) is 32.0 Å². The molecule has 1 heterocycles. The number of methoxy groups -OCH3 is 1. The fourth-order valence-electron chi connectivity index (χ4n) is 2.81. The molecule has 0 amide bonds. The van der Waals surface area contributed by atoms with Crippen molar-refractivity contribution >= 4 is 11.9 Å². The number of esters is 1. The van der Waals surface area contributed by atoms with Crippen LogP contribution in [0.5, 0.6) is 5.75 Å². The highest BCUT2D eigenvalue weighted by Gasteiger charge is 2.15. The molecule has 0 aliphatic carbocycles. The summed E-state index contributed by atoms with van der Waals surface area (Å²) in [7, 11) is 3.04. The zero-order valence-corrected chi connectivity index (χ0v) is 18.3. The number of guanidine groups is 1. The Balaban J connectivity index is 1.93. The zero-order valence-electron chi connectivity index (χ0n) is 18.3. The number of carbonyl (C=O) groups excluding carboxylic acids is 1. The Hall–Kier alpha value is -3.00. The van der Waals surface area contributed by atoms with Crippen LogP contribution in [-0.4, -0.2) is 45.9 Å². The SMILES string of the molecule is CCOCCOc1cc(C)ccc1CNC(=NC)NCc1cc(C(=O)OC)c(C)o1. The first-order chi connectivity index (χ1) is 14.5. The maximum atomic E-state index is 11.7. The summed E-state index contributed by atoms with van der Waals surface area (Å²) in [6.45, 7) is 8.35. The molecule has 8 nitrogen and oxygen atoms in total. The minimum absolute atomic E-state index is 0.378. The number of benzene rings is 1. The molecule has 2 N–H and O–H groups in total. The van der Waals surface area contributed by atoms with Gasteiger partial charge in [-0.15, -0.1) is 0 Å². The molecule has 0 spiro atoms. The molecule has 8 heteroatoms. The average molecular weight is 418 g/mol. The second-order valence-corrected chi connectivity index (χ2v) is 6.61. The van der Waals surface area contributed by atoms with Gasteiger partial charge in [0, 0.05) is 25.8 Å². The lowest BCUT2D eigenvalue weighted by Crippen LogP contribution is -2.36. The fraction of sp³-hybridized carbons (Fsp3) is 0.455. The first-order valence-corrected chi connectivity index (χ1v) is 9.90. The van der Waals surface area contributed by atoms with E-state index in [0.29, 0.717) is 56.0 Å². The topological polar surface area (TPSA) is 94.3 Å². The number of ether oxygens (including phenoxy) is 3. The minimum Gasteiger partial charge on any atom is -0.491 e. The van der Waals surface area contributed by atoms with Crippen LogP contribution >= 0.6 is 0 Å². The van der Waals surface area contributed by atoms with Crippen LogP contribution in [-0.2, 0) is 22.6 Å². The van der Waals surface area contributed by atoms with Crippen molar-refractivity contribution in [3.63, 3.8) is 0 Å². The second kappa shape index (κ2) is 11.9. The summed E-state index contributed by atoms with van der Waals surface area (Å²) < 4.78 is 21.6. The molecular weight excluding hydrogens is 386 g/mol. The van der Waals surface area contributed by atoms with Gasteiger partial charge in [-0.25, -0.2) is 4.79 Å². The van der Waals surface area contributed by atoms with Crippen LogP contribution in [0, 0.1) is 13.8 Å². The number of aliphatic imine (C=N–C) groups is 1. The number of hydrogen-bond acceptors (Lipinski definition) is 6. The third-order valence-electron chi connectivity index (χ3n) is 4.39. The van der Waals surface area contributed by atoms with E-state index in [-0.39, 0.29) is 0 Å². The molecule has 1 aromatic heterocycles. The van der Waals surface area contributed by atoms with Crippen LogP contribution in [0.2, 0.25) is 0 Å². The largest absolute Gasteiger partial charge is 0.491 e. The molecule has 0 saturated heterocycles. The van der Waals surface area contributed by atoms with E-state index < -0.39 is 5.97 Å². The molecule has 0 bridgehead atoms. The van der Waals surface area contributed by atoms with Crippen molar-refractivity contribution < 1.29 is 23.4 Å². The Bertz CT molecular complexity index is 860. The summed E-state index contributed by atoms with van der Waals surface area (Å²) >= 11 is 0. The van der Waals surface area contributed by atoms with E-state index in [1.54, 1.807) is 20.0 Å². The molecule has 2 aromatic rings. The highest BCUT2D eigenvalue weighted by Crippen LogP contribution is 2.20. The van der Waals surface area contributed by atoms with Crippen molar-refractivity contribution in [2.45, 2.75) is 33.9 Å². The molecule has 0 aliphatic heterocycles. The van der Waals surface area contributed by atoms with Gasteiger partial charge in [-0.2, -0.15) is 0 Å². The summed E-state index contributed by atoms with van der Waals surface area (Å²) in [5.41, 5.74) is 2.56. The van der Waals surface area contributed by atoms with Crippen molar-refractivity contribution in [2.75, 3.05) is 34.0 Å². The highest BCUT2D eigenvalue weighted by atomic mass is 16.5. The third-order valence-corrected chi connectivity index (χ3v) is 4.39. The van der Waals surface area contributed by atoms with Crippen LogP contribution in [0.1, 0.15) is 39.9 Å². The van der Waals surface area contributed by atoms with Gasteiger partial charge in [-0.3, -0.25) is 4.99 Å². The van der Waals surface area contributed by atoms with Gasteiger partial charge in [-0.05, 0) is 38.5 Å². The normalized spacial score (nSPS) is 11.3. The van der Waals surface area contributed by atoms with Gasteiger partial charge in [0.1, 0.15) is 29.4 Å². The summed E-state index contributed by atoms with van der Waals surface area (Å²) in [6.07, 6.45) is 0. The Labute approximate surface area is 177 Å². The summed E-state index contributed by atoms with van der Waals surface area (Å²) in [4.78, 5) is 15.9. The van der Waals surface area contributed by atoms with E-state index in [1.165, 1.54) is 7.11 Å². The molecule has 2 rings (SSSR count). The monoisotopic (exact) mass is 417 g/mol. The average Bonchev–Trinajstić information content (AvgIpc) is 3.12. The number of carbonyl (C=O) groups is 1. The minimum atomic E-state index is -0.416. The number of aryl methyl sites for hydroxylation is 2. The van der Waals surface area contributed by atoms with E-state index in [9.17, 15) is 4.79 Å². The predicted octanol–water partition coefficient (Wildman–Crippen LogP) is 2.96. The maximum absolute atomic E-state index is 11.7. The number of hydrogen-bond donors (Lipinski definition) is 2. The van der Waals surface area contributed by atoms with Gasteiger partial charge in [-0.1, -0.05) is 12.1 Å². The zero-order chi connectivity index (χ0) is 21.9. The lowest BCUT2D eigenvalue weighted by atomic mass is 10.1. The van der Waals surface area contributed by atoms with Gasteiger partial charge >= 0.3 is 5.97 Å². The summed E-state index contributed by atoms with van der Waals surface area (Å²) in [6, 6.07) is 7.76. The highest BCUT2D eigenvalue weighted by molar-refractivity contribution is 5.90. The van der Waals surface area contributed by atoms with Crippen molar-refractivity contribution in [3.05, 3.63) is 52.5 Å². The van der Waals surface area contributed by atoms with E-state index >= 15 is 0 Å². The smallest absolute Gasteiger partial charge is 0.341 e. The van der Waals surface area contributed by atoms with Gasteiger partial charge in [0.25, 0.3) is 0 Å². The van der Waals surface area contributed by atoms with Crippen LogP contribution < -0.4 is 15.4 Å². The van der Waals surface area contributed by atoms with Crippen molar-refractivity contribution in [3.8, 4) is 5.75 Å². The first kappa shape index (κ1) is 23.3. The lowest BCUT2D eigenvalue weighted by molar-refractivity contribution is 0.0599. The molecule has 1 aromatic carbocycles. The van der Waals surface area contributed by atoms with Crippen molar-refractivity contribution in [1.82, 2.24) is 10.6 Å². The van der Waals surface area contributed by atoms with Crippen LogP contribution in [0.4, 0.5) is 0 Å². The van der Waals surface area contributed by atoms with Gasteiger partial charge < -0.3 is 29.3 Å². The van der Waals surface area contributed by atoms with Gasteiger partial charge in [0.05, 0.1) is 20.3 Å². The number of rotatable bonds is 10. The Morgan fingerprint density at radius 1 is 1.13 bits per heavy atom. The molecule has 0 aliphatic rings. The molecule has 0 saturated carbocycles. The summed E-state index contributed by atoms with van der Waals surface area (Å²) in [5.74, 6) is 2.15. The molecule has 0 fully saturated rings. The van der Waals surface area contributed by atoms with Crippen LogP contribution in [0.15, 0.2) is 33.7 Å². The predicted molar refractivity (Wildman–Crippen MR) is 115 cm³/mol. The molecule has 164 valence electrons. The van der Waals surface area contributed by atoms with E-state index in [2.05, 4.69) is 15.6 Å². The molecule has 0 atom stereocenters. The van der Waals surface area contributed by atoms with Gasteiger partial charge in [0.2, 0.25) is 0 Å². The molecule has 0 radical (unpaired) electrons. The van der Waals surface area contributed by atoms with E-state index in [4.69, 9.17) is 18.6 Å². The fourth-order valence-corrected chi connectivity index (χ4v) is 2.81. The lowest BCUT2D eigenvalue weighted by Gasteiger charge is -2.15. The second-order valence-electron chi connectivity index (χ2n) is 6.61. The molecule has 30 heavy (non-hydrogen) atoms. The Morgan fingerprint density at radius 2 is 1.90 bits per heavy atom. The molecule has 0 unspecified atom stereocenters. The maximum Gasteiger partial charge on any atom is 0.341 e. The number of nitrogens with zero attached hydrogens (tertiary/aromatic N) is 1. The third kappa shape index (κ3) is 6.81. The quantitative estimate of drug-likeness (QED) is 0.266. The Morgan fingerprint density at radius 3 is 2.60 bits per heavy atom. The first-order valence-electron chi connectivity index (χ1n) is 9.90. The Kier molecular flexibility index (Phi) is 9.21. The standard InChI is InChI=1S/C22H31N3O5/c1-6-28-9-10-29-20-11-15(2)7-8-17(20)13-24-22(23-4)25-14-18-12-19(16(3)30-18)21(26)27-5/h7-8,11-12H,6,9-10,13-14H2,1-5H3,(H2,23,24,25). The van der Waals surface area contributed by atoms with Crippen LogP contribution in [0.25, 0.3) is 0 Å². The molecular formula is C22H31N3O5. The van der Waals surface area contributed by atoms with Crippen molar-refractivity contribution in [1.29, 1.82) is 0 Å². The number of nitrogens with one attached hydrogen (secondary N) is 2. The van der Waals surface area contributed by atoms with Crippen molar-refractivity contribution in [2.24, 2.45) is 4.99 Å². The van der Waals surface area contributed by atoms with E-state index in [0.717, 1.165) is 16.9 Å². The number of furan rings is 1.